The molecule has 1 amide bonds. The molecule has 1 saturated carbocycles. The monoisotopic (exact) mass is 518 g/mol. The molecule has 0 aromatic heterocycles. The standard InChI is InChI=1S/C25H25F7N2O2/c26-20-9-16(3-4-21(20)35)12-34(22(36)23(5-6-33-14-23)11-15-1-2-15)13-17-7-18(24(27,28)29)10-19(8-17)25(30,31)32/h3-4,7-10,15,33,35H,1-2,5-6,11-14H2. The van der Waals surface area contributed by atoms with Gasteiger partial charge in [0.15, 0.2) is 11.6 Å². The second kappa shape index (κ2) is 9.57. The van der Waals surface area contributed by atoms with Crippen molar-refractivity contribution < 1.29 is 40.6 Å². The van der Waals surface area contributed by atoms with Crippen molar-refractivity contribution in [1.29, 1.82) is 0 Å². The van der Waals surface area contributed by atoms with E-state index in [1.165, 1.54) is 11.0 Å². The molecule has 4 nitrogen and oxygen atoms in total. The molecular formula is C25H25F7N2O2. The first-order valence-electron chi connectivity index (χ1n) is 11.5. The largest absolute Gasteiger partial charge is 0.505 e. The molecule has 2 aromatic carbocycles. The molecule has 0 bridgehead atoms. The van der Waals surface area contributed by atoms with Gasteiger partial charge in [-0.2, -0.15) is 26.3 Å². The quantitative estimate of drug-likeness (QED) is 0.451. The molecule has 1 unspecified atom stereocenters. The van der Waals surface area contributed by atoms with Gasteiger partial charge in [0.1, 0.15) is 0 Å². The van der Waals surface area contributed by atoms with E-state index in [9.17, 15) is 40.6 Å². The topological polar surface area (TPSA) is 52.6 Å². The molecule has 0 radical (unpaired) electrons. The lowest BCUT2D eigenvalue weighted by Crippen LogP contribution is -2.45. The van der Waals surface area contributed by atoms with E-state index >= 15 is 0 Å². The zero-order valence-electron chi connectivity index (χ0n) is 19.1. The van der Waals surface area contributed by atoms with Crippen LogP contribution in [0.25, 0.3) is 0 Å². The van der Waals surface area contributed by atoms with Crippen molar-refractivity contribution in [3.05, 3.63) is 64.5 Å². The Kier molecular flexibility index (Phi) is 6.98. The number of amides is 1. The highest BCUT2D eigenvalue weighted by molar-refractivity contribution is 5.83. The number of aromatic hydroxyl groups is 1. The van der Waals surface area contributed by atoms with Crippen LogP contribution in [-0.2, 0) is 30.2 Å². The van der Waals surface area contributed by atoms with E-state index in [0.29, 0.717) is 44.0 Å². The summed E-state index contributed by atoms with van der Waals surface area (Å²) in [7, 11) is 0. The van der Waals surface area contributed by atoms with E-state index < -0.39 is 52.9 Å². The number of rotatable bonds is 7. The molecule has 2 fully saturated rings. The molecule has 1 saturated heterocycles. The van der Waals surface area contributed by atoms with Gasteiger partial charge in [-0.05, 0) is 66.8 Å². The van der Waals surface area contributed by atoms with Crippen molar-refractivity contribution in [2.24, 2.45) is 11.3 Å². The molecule has 2 N–H and O–H groups in total. The van der Waals surface area contributed by atoms with Crippen LogP contribution < -0.4 is 5.32 Å². The average molecular weight is 518 g/mol. The Morgan fingerprint density at radius 1 is 0.972 bits per heavy atom. The number of benzene rings is 2. The molecule has 196 valence electrons. The molecule has 2 aliphatic rings. The number of alkyl halides is 6. The second-order valence-electron chi connectivity index (χ2n) is 9.72. The number of carbonyl (C=O) groups is 1. The molecule has 0 spiro atoms. The molecule has 1 heterocycles. The normalized spacial score (nSPS) is 20.5. The summed E-state index contributed by atoms with van der Waals surface area (Å²) in [4.78, 5) is 15.0. The molecule has 4 rings (SSSR count). The first kappa shape index (κ1) is 26.2. The van der Waals surface area contributed by atoms with E-state index in [1.807, 2.05) is 0 Å². The molecule has 2 aromatic rings. The highest BCUT2D eigenvalue weighted by Crippen LogP contribution is 2.45. The number of phenolic OH excluding ortho intramolecular Hbond substituents is 1. The third kappa shape index (κ3) is 5.93. The third-order valence-electron chi connectivity index (χ3n) is 6.77. The van der Waals surface area contributed by atoms with E-state index in [1.54, 1.807) is 0 Å². The number of nitrogens with zero attached hydrogens (tertiary/aromatic N) is 1. The predicted octanol–water partition coefficient (Wildman–Crippen LogP) is 5.88. The van der Waals surface area contributed by atoms with Crippen molar-refractivity contribution in [3.63, 3.8) is 0 Å². The zero-order chi connectivity index (χ0) is 26.3. The Morgan fingerprint density at radius 2 is 1.58 bits per heavy atom. The summed E-state index contributed by atoms with van der Waals surface area (Å²) >= 11 is 0. The molecule has 11 heteroatoms. The Balaban J connectivity index is 1.72. The minimum atomic E-state index is -5.02. The van der Waals surface area contributed by atoms with Gasteiger partial charge >= 0.3 is 12.4 Å². The molecule has 1 atom stereocenters. The maximum Gasteiger partial charge on any atom is 0.416 e. The maximum absolute atomic E-state index is 14.0. The number of halogens is 7. The fourth-order valence-corrected chi connectivity index (χ4v) is 4.80. The summed E-state index contributed by atoms with van der Waals surface area (Å²) in [5.74, 6) is -1.63. The molecule has 1 aliphatic carbocycles. The second-order valence-corrected chi connectivity index (χ2v) is 9.72. The Labute approximate surface area is 203 Å². The van der Waals surface area contributed by atoms with Crippen LogP contribution in [0.1, 0.15) is 47.9 Å². The summed E-state index contributed by atoms with van der Waals surface area (Å²) in [5.41, 5.74) is -3.87. The van der Waals surface area contributed by atoms with Gasteiger partial charge in [-0.1, -0.05) is 18.9 Å². The molecule has 1 aliphatic heterocycles. The van der Waals surface area contributed by atoms with Gasteiger partial charge < -0.3 is 15.3 Å². The first-order chi connectivity index (χ1) is 16.8. The van der Waals surface area contributed by atoms with Crippen LogP contribution >= 0.6 is 0 Å². The lowest BCUT2D eigenvalue weighted by atomic mass is 9.80. The molecule has 36 heavy (non-hydrogen) atoms. The number of carbonyl (C=O) groups excluding carboxylic acids is 1. The van der Waals surface area contributed by atoms with E-state index in [0.717, 1.165) is 25.0 Å². The fraction of sp³-hybridized carbons (Fsp3) is 0.480. The third-order valence-corrected chi connectivity index (χ3v) is 6.77. The van der Waals surface area contributed by atoms with Crippen LogP contribution in [0.5, 0.6) is 5.75 Å². The van der Waals surface area contributed by atoms with E-state index in [2.05, 4.69) is 5.32 Å². The number of hydrogen-bond acceptors (Lipinski definition) is 3. The van der Waals surface area contributed by atoms with Crippen molar-refractivity contribution in [1.82, 2.24) is 10.2 Å². The summed E-state index contributed by atoms with van der Waals surface area (Å²) in [5, 5.41) is 12.6. The Morgan fingerprint density at radius 3 is 2.08 bits per heavy atom. The highest BCUT2D eigenvalue weighted by atomic mass is 19.4. The van der Waals surface area contributed by atoms with Crippen LogP contribution in [0.2, 0.25) is 0 Å². The summed E-state index contributed by atoms with van der Waals surface area (Å²) in [6, 6.07) is 4.67. The van der Waals surface area contributed by atoms with E-state index in [-0.39, 0.29) is 23.7 Å². The minimum Gasteiger partial charge on any atom is -0.505 e. The van der Waals surface area contributed by atoms with Crippen molar-refractivity contribution in [2.45, 2.75) is 51.1 Å². The zero-order valence-corrected chi connectivity index (χ0v) is 19.1. The Bertz CT molecular complexity index is 1090. The number of phenols is 1. The van der Waals surface area contributed by atoms with Crippen molar-refractivity contribution in [2.75, 3.05) is 13.1 Å². The average Bonchev–Trinajstić information content (AvgIpc) is 3.47. The van der Waals surface area contributed by atoms with Crippen LogP contribution in [0.4, 0.5) is 30.7 Å². The van der Waals surface area contributed by atoms with Gasteiger partial charge in [-0.3, -0.25) is 4.79 Å². The summed E-state index contributed by atoms with van der Waals surface area (Å²) < 4.78 is 94.3. The van der Waals surface area contributed by atoms with Crippen LogP contribution in [0.3, 0.4) is 0 Å². The van der Waals surface area contributed by atoms with Crippen molar-refractivity contribution in [3.8, 4) is 5.75 Å². The molecular weight excluding hydrogens is 493 g/mol. The smallest absolute Gasteiger partial charge is 0.416 e. The predicted molar refractivity (Wildman–Crippen MR) is 116 cm³/mol. The lowest BCUT2D eigenvalue weighted by Gasteiger charge is -2.34. The van der Waals surface area contributed by atoms with Crippen LogP contribution in [0.15, 0.2) is 36.4 Å². The van der Waals surface area contributed by atoms with Gasteiger partial charge in [-0.15, -0.1) is 0 Å². The maximum atomic E-state index is 14.0. The minimum absolute atomic E-state index is 0.0421. The van der Waals surface area contributed by atoms with E-state index in [4.69, 9.17) is 0 Å². The van der Waals surface area contributed by atoms with Crippen molar-refractivity contribution >= 4 is 5.91 Å². The van der Waals surface area contributed by atoms with Gasteiger partial charge in [0.05, 0.1) is 16.5 Å². The van der Waals surface area contributed by atoms with Crippen LogP contribution in [0, 0.1) is 17.2 Å². The lowest BCUT2D eigenvalue weighted by molar-refractivity contribution is -0.143. The van der Waals surface area contributed by atoms with Gasteiger partial charge in [-0.25, -0.2) is 4.39 Å². The Hall–Kier alpha value is -2.82. The van der Waals surface area contributed by atoms with Gasteiger partial charge in [0.2, 0.25) is 5.91 Å². The SMILES string of the molecule is O=C(N(Cc1cc(C(F)(F)F)cc(C(F)(F)F)c1)Cc1ccc(O)c(F)c1)C1(CC2CC2)CCNC1. The summed E-state index contributed by atoms with van der Waals surface area (Å²) in [6.45, 7) is 0.127. The first-order valence-corrected chi connectivity index (χ1v) is 11.5. The van der Waals surface area contributed by atoms with Gasteiger partial charge in [0.25, 0.3) is 0 Å². The summed E-state index contributed by atoms with van der Waals surface area (Å²) in [6.07, 6.45) is -7.07. The fourth-order valence-electron chi connectivity index (χ4n) is 4.80. The number of nitrogens with one attached hydrogen (secondary N) is 1. The highest BCUT2D eigenvalue weighted by Gasteiger charge is 2.47. The number of hydrogen-bond donors (Lipinski definition) is 2. The van der Waals surface area contributed by atoms with Gasteiger partial charge in [0, 0.05) is 19.6 Å². The van der Waals surface area contributed by atoms with Crippen LogP contribution in [-0.4, -0.2) is 29.0 Å².